The van der Waals surface area contributed by atoms with Crippen molar-refractivity contribution in [3.63, 3.8) is 0 Å². The number of carbonyl (C=O) groups excluding carboxylic acids is 2. The average Bonchev–Trinajstić information content (AvgIpc) is 2.51. The van der Waals surface area contributed by atoms with Gasteiger partial charge in [-0.2, -0.15) is 0 Å². The SMILES string of the molecule is CC(=O)CCCN1C(=O)C(C)(C)c2ccccc21. The molecule has 0 N–H and O–H groups in total. The Kier molecular flexibility index (Phi) is 3.24. The van der Waals surface area contributed by atoms with Crippen LogP contribution in [0.2, 0.25) is 0 Å². The molecule has 1 aliphatic heterocycles. The second kappa shape index (κ2) is 4.56. The summed E-state index contributed by atoms with van der Waals surface area (Å²) in [6, 6.07) is 7.91. The van der Waals surface area contributed by atoms with Crippen LogP contribution in [0.15, 0.2) is 24.3 Å². The summed E-state index contributed by atoms with van der Waals surface area (Å²) in [7, 11) is 0. The Morgan fingerprint density at radius 1 is 1.28 bits per heavy atom. The van der Waals surface area contributed by atoms with E-state index in [-0.39, 0.29) is 11.7 Å². The third kappa shape index (κ3) is 2.05. The highest BCUT2D eigenvalue weighted by Gasteiger charge is 2.43. The van der Waals surface area contributed by atoms with E-state index in [1.54, 1.807) is 6.92 Å². The van der Waals surface area contributed by atoms with Crippen LogP contribution in [0.1, 0.15) is 39.2 Å². The topological polar surface area (TPSA) is 37.4 Å². The highest BCUT2D eigenvalue weighted by atomic mass is 16.2. The monoisotopic (exact) mass is 245 g/mol. The minimum atomic E-state index is -0.452. The third-order valence-electron chi connectivity index (χ3n) is 3.56. The lowest BCUT2D eigenvalue weighted by Gasteiger charge is -2.20. The molecule has 1 heterocycles. The van der Waals surface area contributed by atoms with Gasteiger partial charge in [-0.1, -0.05) is 18.2 Å². The Labute approximate surface area is 108 Å². The van der Waals surface area contributed by atoms with Gasteiger partial charge in [-0.15, -0.1) is 0 Å². The Morgan fingerprint density at radius 3 is 2.61 bits per heavy atom. The van der Waals surface area contributed by atoms with Gasteiger partial charge in [-0.25, -0.2) is 0 Å². The molecule has 0 atom stereocenters. The molecule has 1 amide bonds. The van der Waals surface area contributed by atoms with Gasteiger partial charge in [0, 0.05) is 18.7 Å². The maximum atomic E-state index is 12.4. The Morgan fingerprint density at radius 2 is 1.94 bits per heavy atom. The predicted octanol–water partition coefficient (Wildman–Crippen LogP) is 2.68. The van der Waals surface area contributed by atoms with Gasteiger partial charge < -0.3 is 9.69 Å². The third-order valence-corrected chi connectivity index (χ3v) is 3.56. The van der Waals surface area contributed by atoms with E-state index >= 15 is 0 Å². The van der Waals surface area contributed by atoms with Crippen LogP contribution in [0.4, 0.5) is 5.69 Å². The molecule has 3 heteroatoms. The molecule has 1 aliphatic rings. The first-order valence-corrected chi connectivity index (χ1v) is 6.35. The van der Waals surface area contributed by atoms with Gasteiger partial charge in [0.2, 0.25) is 5.91 Å². The predicted molar refractivity (Wildman–Crippen MR) is 71.7 cm³/mol. The normalized spacial score (nSPS) is 16.8. The summed E-state index contributed by atoms with van der Waals surface area (Å²) in [6.45, 7) is 6.13. The lowest BCUT2D eigenvalue weighted by Crippen LogP contribution is -2.36. The highest BCUT2D eigenvalue weighted by molar-refractivity contribution is 6.07. The standard InChI is InChI=1S/C15H19NO2/c1-11(17)7-6-10-16-13-9-5-4-8-12(13)15(2,3)14(16)18/h4-5,8-9H,6-7,10H2,1-3H3. The second-order valence-electron chi connectivity index (χ2n) is 5.40. The average molecular weight is 245 g/mol. The summed E-state index contributed by atoms with van der Waals surface area (Å²) in [5.41, 5.74) is 1.63. The number of carbonyl (C=O) groups is 2. The van der Waals surface area contributed by atoms with Crippen LogP contribution in [0, 0.1) is 0 Å². The fraction of sp³-hybridized carbons (Fsp3) is 0.467. The molecule has 96 valence electrons. The van der Waals surface area contributed by atoms with Crippen molar-refractivity contribution in [2.24, 2.45) is 0 Å². The summed E-state index contributed by atoms with van der Waals surface area (Å²) in [5, 5.41) is 0. The molecule has 0 unspecified atom stereocenters. The molecule has 0 aromatic heterocycles. The Hall–Kier alpha value is -1.64. The molecule has 3 nitrogen and oxygen atoms in total. The molecule has 2 rings (SSSR count). The zero-order valence-electron chi connectivity index (χ0n) is 11.2. The van der Waals surface area contributed by atoms with Crippen LogP contribution in [-0.4, -0.2) is 18.2 Å². The lowest BCUT2D eigenvalue weighted by molar-refractivity contribution is -0.122. The number of rotatable bonds is 4. The first-order chi connectivity index (χ1) is 8.44. The number of anilines is 1. The van der Waals surface area contributed by atoms with Crippen LogP contribution in [0.3, 0.4) is 0 Å². The van der Waals surface area contributed by atoms with E-state index < -0.39 is 5.41 Å². The van der Waals surface area contributed by atoms with Crippen LogP contribution in [0.25, 0.3) is 0 Å². The number of benzene rings is 1. The minimum absolute atomic E-state index is 0.132. The number of amides is 1. The summed E-state index contributed by atoms with van der Waals surface area (Å²) < 4.78 is 0. The van der Waals surface area contributed by atoms with E-state index in [0.717, 1.165) is 17.7 Å². The largest absolute Gasteiger partial charge is 0.311 e. The molecular weight excluding hydrogens is 226 g/mol. The quantitative estimate of drug-likeness (QED) is 0.817. The van der Waals surface area contributed by atoms with Crippen LogP contribution < -0.4 is 4.90 Å². The first-order valence-electron chi connectivity index (χ1n) is 6.35. The van der Waals surface area contributed by atoms with Gasteiger partial charge in [-0.05, 0) is 38.8 Å². The molecule has 0 aliphatic carbocycles. The molecule has 1 aromatic rings. The van der Waals surface area contributed by atoms with Gasteiger partial charge in [-0.3, -0.25) is 4.79 Å². The van der Waals surface area contributed by atoms with E-state index in [1.165, 1.54) is 0 Å². The molecule has 1 aromatic carbocycles. The van der Waals surface area contributed by atoms with Crippen molar-refractivity contribution in [2.45, 2.75) is 39.0 Å². The zero-order valence-corrected chi connectivity index (χ0v) is 11.2. The molecule has 0 saturated carbocycles. The van der Waals surface area contributed by atoms with Gasteiger partial charge in [0.25, 0.3) is 0 Å². The number of para-hydroxylation sites is 1. The summed E-state index contributed by atoms with van der Waals surface area (Å²) in [5.74, 6) is 0.307. The van der Waals surface area contributed by atoms with Gasteiger partial charge >= 0.3 is 0 Å². The van der Waals surface area contributed by atoms with Crippen molar-refractivity contribution in [1.82, 2.24) is 0 Å². The summed E-state index contributed by atoms with van der Waals surface area (Å²) in [4.78, 5) is 25.2. The van der Waals surface area contributed by atoms with E-state index in [2.05, 4.69) is 0 Å². The number of ketones is 1. The molecule has 0 bridgehead atoms. The van der Waals surface area contributed by atoms with E-state index in [1.807, 2.05) is 43.0 Å². The van der Waals surface area contributed by atoms with Gasteiger partial charge in [0.05, 0.1) is 5.41 Å². The maximum Gasteiger partial charge on any atom is 0.237 e. The molecule has 0 spiro atoms. The molecular formula is C15H19NO2. The highest BCUT2D eigenvalue weighted by Crippen LogP contribution is 2.41. The van der Waals surface area contributed by atoms with E-state index in [4.69, 9.17) is 0 Å². The smallest absolute Gasteiger partial charge is 0.237 e. The first kappa shape index (κ1) is 12.8. The Balaban J connectivity index is 2.22. The fourth-order valence-electron chi connectivity index (χ4n) is 2.51. The number of nitrogens with zero attached hydrogens (tertiary/aromatic N) is 1. The van der Waals surface area contributed by atoms with Gasteiger partial charge in [0.1, 0.15) is 5.78 Å². The molecule has 0 radical (unpaired) electrons. The van der Waals surface area contributed by atoms with E-state index in [9.17, 15) is 9.59 Å². The van der Waals surface area contributed by atoms with Crippen molar-refractivity contribution < 1.29 is 9.59 Å². The minimum Gasteiger partial charge on any atom is -0.311 e. The van der Waals surface area contributed by atoms with Crippen LogP contribution in [-0.2, 0) is 15.0 Å². The molecule has 0 fully saturated rings. The van der Waals surface area contributed by atoms with Crippen LogP contribution in [0.5, 0.6) is 0 Å². The molecule has 18 heavy (non-hydrogen) atoms. The fourth-order valence-corrected chi connectivity index (χ4v) is 2.51. The Bertz CT molecular complexity index is 491. The second-order valence-corrected chi connectivity index (χ2v) is 5.40. The van der Waals surface area contributed by atoms with Crippen molar-refractivity contribution in [1.29, 1.82) is 0 Å². The van der Waals surface area contributed by atoms with Gasteiger partial charge in [0.15, 0.2) is 0 Å². The van der Waals surface area contributed by atoms with E-state index in [0.29, 0.717) is 13.0 Å². The lowest BCUT2D eigenvalue weighted by atomic mass is 9.86. The van der Waals surface area contributed by atoms with Crippen molar-refractivity contribution in [3.05, 3.63) is 29.8 Å². The number of hydrogen-bond donors (Lipinski definition) is 0. The maximum absolute atomic E-state index is 12.4. The summed E-state index contributed by atoms with van der Waals surface area (Å²) >= 11 is 0. The summed E-state index contributed by atoms with van der Waals surface area (Å²) in [6.07, 6.45) is 1.26. The number of Topliss-reactive ketones (excluding diaryl/α,β-unsaturated/α-hetero) is 1. The van der Waals surface area contributed by atoms with Crippen LogP contribution >= 0.6 is 0 Å². The van der Waals surface area contributed by atoms with Crippen molar-refractivity contribution in [2.75, 3.05) is 11.4 Å². The number of fused-ring (bicyclic) bond motifs is 1. The zero-order chi connectivity index (χ0) is 13.3. The van der Waals surface area contributed by atoms with Crippen molar-refractivity contribution >= 4 is 17.4 Å². The molecule has 0 saturated heterocycles. The van der Waals surface area contributed by atoms with Crippen molar-refractivity contribution in [3.8, 4) is 0 Å². The number of hydrogen-bond acceptors (Lipinski definition) is 2.